The highest BCUT2D eigenvalue weighted by atomic mass is 16.2. The van der Waals surface area contributed by atoms with Crippen LogP contribution < -0.4 is 15.8 Å². The number of hydrazine groups is 1. The summed E-state index contributed by atoms with van der Waals surface area (Å²) < 4.78 is 0. The molecule has 0 spiro atoms. The number of amides is 1. The number of carbonyl (C=O) groups is 1. The summed E-state index contributed by atoms with van der Waals surface area (Å²) in [6, 6.07) is 10.7. The van der Waals surface area contributed by atoms with E-state index in [4.69, 9.17) is 0 Å². The van der Waals surface area contributed by atoms with Crippen LogP contribution in [-0.2, 0) is 4.79 Å². The zero-order chi connectivity index (χ0) is 14.4. The van der Waals surface area contributed by atoms with Gasteiger partial charge in [-0.25, -0.2) is 5.43 Å². The maximum atomic E-state index is 11.7. The lowest BCUT2D eigenvalue weighted by Gasteiger charge is -2.35. The monoisotopic (exact) mass is 276 g/mol. The van der Waals surface area contributed by atoms with Crippen molar-refractivity contribution in [1.82, 2.24) is 15.8 Å². The average molecular weight is 276 g/mol. The van der Waals surface area contributed by atoms with Crippen molar-refractivity contribution in [2.24, 2.45) is 0 Å². The molecule has 1 amide bonds. The lowest BCUT2D eigenvalue weighted by Crippen LogP contribution is -2.52. The Kier molecular flexibility index (Phi) is 5.38. The Morgan fingerprint density at radius 3 is 2.40 bits per heavy atom. The number of anilines is 1. The van der Waals surface area contributed by atoms with Gasteiger partial charge in [0.25, 0.3) is 0 Å². The molecular formula is C15H24N4O. The van der Waals surface area contributed by atoms with Crippen molar-refractivity contribution in [3.63, 3.8) is 0 Å². The molecule has 1 heterocycles. The number of piperazine rings is 1. The third kappa shape index (κ3) is 4.51. The van der Waals surface area contributed by atoms with Crippen molar-refractivity contribution in [2.45, 2.75) is 19.9 Å². The van der Waals surface area contributed by atoms with Crippen LogP contribution >= 0.6 is 0 Å². The number of hydrogen-bond donors (Lipinski definition) is 2. The number of nitrogens with one attached hydrogen (secondary N) is 2. The molecule has 2 rings (SSSR count). The summed E-state index contributed by atoms with van der Waals surface area (Å²) in [6.07, 6.45) is 0. The fourth-order valence-electron chi connectivity index (χ4n) is 2.27. The molecule has 1 saturated heterocycles. The first-order chi connectivity index (χ1) is 9.65. The lowest BCUT2D eigenvalue weighted by atomic mass is 10.2. The molecule has 2 N–H and O–H groups in total. The van der Waals surface area contributed by atoms with Crippen LogP contribution in [0.15, 0.2) is 30.3 Å². The van der Waals surface area contributed by atoms with Crippen molar-refractivity contribution in [3.05, 3.63) is 30.3 Å². The van der Waals surface area contributed by atoms with E-state index < -0.39 is 0 Å². The predicted octanol–water partition coefficient (Wildman–Crippen LogP) is 0.838. The Balaban J connectivity index is 1.73. The second kappa shape index (κ2) is 7.26. The van der Waals surface area contributed by atoms with Crippen molar-refractivity contribution in [1.29, 1.82) is 0 Å². The molecular weight excluding hydrogens is 252 g/mol. The molecule has 0 radical (unpaired) electrons. The van der Waals surface area contributed by atoms with Gasteiger partial charge in [0.05, 0.1) is 6.54 Å². The van der Waals surface area contributed by atoms with Gasteiger partial charge in [-0.05, 0) is 26.0 Å². The Morgan fingerprint density at radius 2 is 1.80 bits per heavy atom. The third-order valence-electron chi connectivity index (χ3n) is 3.36. The van der Waals surface area contributed by atoms with Gasteiger partial charge in [-0.1, -0.05) is 18.2 Å². The van der Waals surface area contributed by atoms with E-state index in [0.29, 0.717) is 6.54 Å². The molecule has 1 aromatic carbocycles. The van der Waals surface area contributed by atoms with Gasteiger partial charge in [-0.2, -0.15) is 0 Å². The predicted molar refractivity (Wildman–Crippen MR) is 81.5 cm³/mol. The molecule has 110 valence electrons. The van der Waals surface area contributed by atoms with Crippen LogP contribution in [-0.4, -0.2) is 49.6 Å². The number of rotatable bonds is 5. The van der Waals surface area contributed by atoms with E-state index in [1.807, 2.05) is 19.9 Å². The van der Waals surface area contributed by atoms with E-state index in [1.165, 1.54) is 5.69 Å². The SMILES string of the molecule is CC(C)NNC(=O)CN1CCN(c2ccccc2)CC1. The first kappa shape index (κ1) is 14.8. The number of carbonyl (C=O) groups excluding carboxylic acids is 1. The van der Waals surface area contributed by atoms with Gasteiger partial charge in [-0.15, -0.1) is 0 Å². The molecule has 1 aromatic rings. The number of hydrogen-bond acceptors (Lipinski definition) is 4. The standard InChI is InChI=1S/C15H24N4O/c1-13(2)16-17-15(20)12-18-8-10-19(11-9-18)14-6-4-3-5-7-14/h3-7,13,16H,8-12H2,1-2H3,(H,17,20). The molecule has 20 heavy (non-hydrogen) atoms. The van der Waals surface area contributed by atoms with Gasteiger partial charge in [0.2, 0.25) is 5.91 Å². The molecule has 1 aliphatic rings. The molecule has 0 saturated carbocycles. The maximum absolute atomic E-state index is 11.7. The molecule has 0 atom stereocenters. The summed E-state index contributed by atoms with van der Waals surface area (Å²) in [5, 5.41) is 0. The normalized spacial score (nSPS) is 16.4. The van der Waals surface area contributed by atoms with E-state index in [0.717, 1.165) is 26.2 Å². The van der Waals surface area contributed by atoms with Crippen LogP contribution in [0.3, 0.4) is 0 Å². The number of nitrogens with zero attached hydrogens (tertiary/aromatic N) is 2. The molecule has 0 aliphatic carbocycles. The molecule has 0 aromatic heterocycles. The van der Waals surface area contributed by atoms with Gasteiger partial charge in [0.15, 0.2) is 0 Å². The van der Waals surface area contributed by atoms with Crippen LogP contribution in [0.25, 0.3) is 0 Å². The van der Waals surface area contributed by atoms with Gasteiger partial charge >= 0.3 is 0 Å². The average Bonchev–Trinajstić information content (AvgIpc) is 2.47. The lowest BCUT2D eigenvalue weighted by molar-refractivity contribution is -0.123. The molecule has 1 aliphatic heterocycles. The van der Waals surface area contributed by atoms with Crippen LogP contribution in [0, 0.1) is 0 Å². The minimum absolute atomic E-state index is 0.0341. The zero-order valence-corrected chi connectivity index (χ0v) is 12.3. The molecule has 5 nitrogen and oxygen atoms in total. The maximum Gasteiger partial charge on any atom is 0.248 e. The van der Waals surface area contributed by atoms with E-state index >= 15 is 0 Å². The van der Waals surface area contributed by atoms with Crippen molar-refractivity contribution >= 4 is 11.6 Å². The second-order valence-corrected chi connectivity index (χ2v) is 5.45. The fourth-order valence-corrected chi connectivity index (χ4v) is 2.27. The summed E-state index contributed by atoms with van der Waals surface area (Å²) in [4.78, 5) is 16.3. The summed E-state index contributed by atoms with van der Waals surface area (Å²) in [7, 11) is 0. The molecule has 1 fully saturated rings. The Morgan fingerprint density at radius 1 is 1.15 bits per heavy atom. The minimum atomic E-state index is 0.0341. The quantitative estimate of drug-likeness (QED) is 0.782. The van der Waals surface area contributed by atoms with Crippen LogP contribution in [0.1, 0.15) is 13.8 Å². The van der Waals surface area contributed by atoms with Crippen molar-refractivity contribution < 1.29 is 4.79 Å². The van der Waals surface area contributed by atoms with Gasteiger partial charge in [0, 0.05) is 37.9 Å². The van der Waals surface area contributed by atoms with Crippen molar-refractivity contribution in [3.8, 4) is 0 Å². The molecule has 0 unspecified atom stereocenters. The largest absolute Gasteiger partial charge is 0.369 e. The van der Waals surface area contributed by atoms with Crippen LogP contribution in [0.2, 0.25) is 0 Å². The van der Waals surface area contributed by atoms with E-state index in [2.05, 4.69) is 44.9 Å². The van der Waals surface area contributed by atoms with E-state index in [-0.39, 0.29) is 11.9 Å². The Hall–Kier alpha value is -1.59. The summed E-state index contributed by atoms with van der Waals surface area (Å²) in [5.41, 5.74) is 6.92. The van der Waals surface area contributed by atoms with Gasteiger partial charge in [0.1, 0.15) is 0 Å². The van der Waals surface area contributed by atoms with E-state index in [9.17, 15) is 4.79 Å². The van der Waals surface area contributed by atoms with Gasteiger partial charge in [-0.3, -0.25) is 15.1 Å². The van der Waals surface area contributed by atoms with Crippen LogP contribution in [0.4, 0.5) is 5.69 Å². The summed E-state index contributed by atoms with van der Waals surface area (Å²) in [5.74, 6) is 0.0341. The Labute approximate surface area is 120 Å². The highest BCUT2D eigenvalue weighted by Gasteiger charge is 2.18. The Bertz CT molecular complexity index is 413. The second-order valence-electron chi connectivity index (χ2n) is 5.45. The third-order valence-corrected chi connectivity index (χ3v) is 3.36. The highest BCUT2D eigenvalue weighted by Crippen LogP contribution is 2.15. The zero-order valence-electron chi connectivity index (χ0n) is 12.3. The van der Waals surface area contributed by atoms with E-state index in [1.54, 1.807) is 0 Å². The van der Waals surface area contributed by atoms with Crippen molar-refractivity contribution in [2.75, 3.05) is 37.6 Å². The smallest absolute Gasteiger partial charge is 0.248 e. The first-order valence-corrected chi connectivity index (χ1v) is 7.22. The first-order valence-electron chi connectivity index (χ1n) is 7.22. The molecule has 5 heteroatoms. The topological polar surface area (TPSA) is 47.6 Å². The van der Waals surface area contributed by atoms with Crippen LogP contribution in [0.5, 0.6) is 0 Å². The molecule has 0 bridgehead atoms. The fraction of sp³-hybridized carbons (Fsp3) is 0.533. The van der Waals surface area contributed by atoms with Gasteiger partial charge < -0.3 is 4.90 Å². The highest BCUT2D eigenvalue weighted by molar-refractivity contribution is 5.77. The minimum Gasteiger partial charge on any atom is -0.369 e. The summed E-state index contributed by atoms with van der Waals surface area (Å²) >= 11 is 0. The number of benzene rings is 1. The summed E-state index contributed by atoms with van der Waals surface area (Å²) in [6.45, 7) is 8.23. The number of para-hydroxylation sites is 1.